The molecule has 0 saturated heterocycles. The van der Waals surface area contributed by atoms with E-state index < -0.39 is 11.8 Å². The van der Waals surface area contributed by atoms with Crippen LogP contribution >= 0.6 is 0 Å². The zero-order chi connectivity index (χ0) is 12.8. The summed E-state index contributed by atoms with van der Waals surface area (Å²) in [6.45, 7) is 8.51. The Morgan fingerprint density at radius 2 is 1.75 bits per heavy atom. The van der Waals surface area contributed by atoms with Crippen LogP contribution in [0.25, 0.3) is 0 Å². The quantitative estimate of drug-likeness (QED) is 0.539. The first-order valence-electron chi connectivity index (χ1n) is 5.22. The highest BCUT2D eigenvalue weighted by Crippen LogP contribution is 2.24. The third-order valence-corrected chi connectivity index (χ3v) is 2.58. The summed E-state index contributed by atoms with van der Waals surface area (Å²) in [5, 5.41) is 12.9. The summed E-state index contributed by atoms with van der Waals surface area (Å²) < 4.78 is 0. The number of nitrogens with one attached hydrogen (secondary N) is 2. The molecule has 16 heavy (non-hydrogen) atoms. The molecule has 0 spiro atoms. The highest BCUT2D eigenvalue weighted by molar-refractivity contribution is 6.35. The first-order valence-corrected chi connectivity index (χ1v) is 5.22. The molecule has 0 rings (SSSR count). The van der Waals surface area contributed by atoms with Crippen molar-refractivity contribution < 1.29 is 9.59 Å². The van der Waals surface area contributed by atoms with E-state index in [9.17, 15) is 9.59 Å². The maximum atomic E-state index is 11.2. The zero-order valence-electron chi connectivity index (χ0n) is 10.3. The van der Waals surface area contributed by atoms with Crippen LogP contribution in [0.15, 0.2) is 0 Å². The van der Waals surface area contributed by atoms with E-state index in [1.165, 1.54) is 0 Å². The first-order chi connectivity index (χ1) is 7.29. The van der Waals surface area contributed by atoms with Gasteiger partial charge in [-0.3, -0.25) is 9.59 Å². The molecule has 0 fully saturated rings. The van der Waals surface area contributed by atoms with Gasteiger partial charge in [0, 0.05) is 6.54 Å². The molecule has 0 bridgehead atoms. The van der Waals surface area contributed by atoms with Crippen molar-refractivity contribution in [1.82, 2.24) is 10.6 Å². The van der Waals surface area contributed by atoms with Crippen molar-refractivity contribution in [1.29, 1.82) is 5.26 Å². The molecular weight excluding hydrogens is 206 g/mol. The van der Waals surface area contributed by atoms with Gasteiger partial charge in [0.05, 0.1) is 6.07 Å². The summed E-state index contributed by atoms with van der Waals surface area (Å²) in [7, 11) is 0. The van der Waals surface area contributed by atoms with Crippen LogP contribution in [0.5, 0.6) is 0 Å². The molecule has 0 aromatic carbocycles. The Balaban J connectivity index is 3.99. The minimum Gasteiger partial charge on any atom is -0.348 e. The second-order valence-corrected chi connectivity index (χ2v) is 4.82. The molecule has 0 aromatic heterocycles. The highest BCUT2D eigenvalue weighted by atomic mass is 16.2. The lowest BCUT2D eigenvalue weighted by Gasteiger charge is -2.27. The van der Waals surface area contributed by atoms with Crippen molar-refractivity contribution in [3.63, 3.8) is 0 Å². The number of amides is 2. The molecule has 90 valence electrons. The SMILES string of the molecule is CC(CNC(=O)C(=O)NCC#N)C(C)(C)C. The fourth-order valence-electron chi connectivity index (χ4n) is 0.832. The van der Waals surface area contributed by atoms with Gasteiger partial charge < -0.3 is 10.6 Å². The monoisotopic (exact) mass is 225 g/mol. The number of carbonyl (C=O) groups excluding carboxylic acids is 2. The molecule has 0 aliphatic rings. The highest BCUT2D eigenvalue weighted by Gasteiger charge is 2.21. The van der Waals surface area contributed by atoms with Gasteiger partial charge in [-0.25, -0.2) is 0 Å². The van der Waals surface area contributed by atoms with Gasteiger partial charge in [0.1, 0.15) is 6.54 Å². The lowest BCUT2D eigenvalue weighted by molar-refractivity contribution is -0.139. The van der Waals surface area contributed by atoms with Crippen LogP contribution in [0.4, 0.5) is 0 Å². The predicted molar refractivity (Wildman–Crippen MR) is 60.3 cm³/mol. The molecule has 5 heteroatoms. The fourth-order valence-corrected chi connectivity index (χ4v) is 0.832. The molecule has 0 aliphatic heterocycles. The average molecular weight is 225 g/mol. The topological polar surface area (TPSA) is 82.0 Å². The maximum absolute atomic E-state index is 11.2. The van der Waals surface area contributed by atoms with Crippen molar-refractivity contribution >= 4 is 11.8 Å². The number of nitriles is 1. The first kappa shape index (κ1) is 14.4. The van der Waals surface area contributed by atoms with E-state index in [1.807, 2.05) is 6.92 Å². The van der Waals surface area contributed by atoms with Gasteiger partial charge in [-0.2, -0.15) is 5.26 Å². The van der Waals surface area contributed by atoms with Gasteiger partial charge in [0.15, 0.2) is 0 Å². The molecule has 0 aromatic rings. The second kappa shape index (κ2) is 6.11. The van der Waals surface area contributed by atoms with Crippen molar-refractivity contribution in [2.45, 2.75) is 27.7 Å². The second-order valence-electron chi connectivity index (χ2n) is 4.82. The van der Waals surface area contributed by atoms with Crippen LogP contribution in [0.2, 0.25) is 0 Å². The normalized spacial score (nSPS) is 12.4. The molecule has 2 amide bonds. The summed E-state index contributed by atoms with van der Waals surface area (Å²) in [6.07, 6.45) is 0. The van der Waals surface area contributed by atoms with Crippen molar-refractivity contribution in [3.05, 3.63) is 0 Å². The van der Waals surface area contributed by atoms with Crippen LogP contribution in [0, 0.1) is 22.7 Å². The summed E-state index contributed by atoms with van der Waals surface area (Å²) >= 11 is 0. The Morgan fingerprint density at radius 3 is 2.19 bits per heavy atom. The van der Waals surface area contributed by atoms with Crippen LogP contribution in [0.3, 0.4) is 0 Å². The lowest BCUT2D eigenvalue weighted by Crippen LogP contribution is -2.43. The number of hydrogen-bond acceptors (Lipinski definition) is 3. The molecular formula is C11H19N3O2. The average Bonchev–Trinajstić information content (AvgIpc) is 2.20. The smallest absolute Gasteiger partial charge is 0.310 e. The van der Waals surface area contributed by atoms with Crippen LogP contribution in [0.1, 0.15) is 27.7 Å². The maximum Gasteiger partial charge on any atom is 0.310 e. The molecule has 0 aliphatic carbocycles. The Kier molecular flexibility index (Phi) is 5.51. The van der Waals surface area contributed by atoms with E-state index in [-0.39, 0.29) is 17.9 Å². The predicted octanol–water partition coefficient (Wildman–Crippen LogP) is 0.425. The summed E-state index contributed by atoms with van der Waals surface area (Å²) in [4.78, 5) is 22.3. The van der Waals surface area contributed by atoms with Crippen LogP contribution < -0.4 is 10.6 Å². The largest absolute Gasteiger partial charge is 0.348 e. The number of nitrogens with zero attached hydrogens (tertiary/aromatic N) is 1. The van der Waals surface area contributed by atoms with Crippen LogP contribution in [-0.4, -0.2) is 24.9 Å². The van der Waals surface area contributed by atoms with Gasteiger partial charge in [-0.15, -0.1) is 0 Å². The number of carbonyl (C=O) groups is 2. The third kappa shape index (κ3) is 5.35. The molecule has 2 N–H and O–H groups in total. The molecule has 0 saturated carbocycles. The van der Waals surface area contributed by atoms with E-state index in [0.29, 0.717) is 6.54 Å². The van der Waals surface area contributed by atoms with Crippen LogP contribution in [-0.2, 0) is 9.59 Å². The van der Waals surface area contributed by atoms with Gasteiger partial charge in [-0.1, -0.05) is 27.7 Å². The minimum atomic E-state index is -0.761. The summed E-state index contributed by atoms with van der Waals surface area (Å²) in [5.41, 5.74) is 0.0798. The Hall–Kier alpha value is -1.57. The summed E-state index contributed by atoms with van der Waals surface area (Å²) in [6, 6.07) is 1.73. The molecule has 0 heterocycles. The third-order valence-electron chi connectivity index (χ3n) is 2.58. The molecule has 0 radical (unpaired) electrons. The van der Waals surface area contributed by atoms with Crippen molar-refractivity contribution in [3.8, 4) is 6.07 Å². The Bertz CT molecular complexity index is 299. The number of hydrogen-bond donors (Lipinski definition) is 2. The Labute approximate surface area is 96.2 Å². The summed E-state index contributed by atoms with van der Waals surface area (Å²) in [5.74, 6) is -1.19. The minimum absolute atomic E-state index is 0.0798. The van der Waals surface area contributed by atoms with E-state index in [4.69, 9.17) is 5.26 Å². The standard InChI is InChI=1S/C11H19N3O2/c1-8(11(2,3)4)7-14-10(16)9(15)13-6-5-12/h8H,6-7H2,1-4H3,(H,13,15)(H,14,16). The number of rotatable bonds is 3. The van der Waals surface area contributed by atoms with Gasteiger partial charge >= 0.3 is 11.8 Å². The van der Waals surface area contributed by atoms with E-state index in [0.717, 1.165) is 0 Å². The van der Waals surface area contributed by atoms with Gasteiger partial charge in [-0.05, 0) is 11.3 Å². The van der Waals surface area contributed by atoms with Crippen molar-refractivity contribution in [2.75, 3.05) is 13.1 Å². The molecule has 5 nitrogen and oxygen atoms in total. The van der Waals surface area contributed by atoms with E-state index in [1.54, 1.807) is 6.07 Å². The van der Waals surface area contributed by atoms with E-state index in [2.05, 4.69) is 31.4 Å². The molecule has 1 unspecified atom stereocenters. The van der Waals surface area contributed by atoms with Gasteiger partial charge in [0.25, 0.3) is 0 Å². The lowest BCUT2D eigenvalue weighted by atomic mass is 9.82. The fraction of sp³-hybridized carbons (Fsp3) is 0.727. The molecule has 1 atom stereocenters. The van der Waals surface area contributed by atoms with Gasteiger partial charge in [0.2, 0.25) is 0 Å². The zero-order valence-corrected chi connectivity index (χ0v) is 10.3. The Morgan fingerprint density at radius 1 is 1.25 bits per heavy atom. The van der Waals surface area contributed by atoms with E-state index >= 15 is 0 Å². The van der Waals surface area contributed by atoms with Crippen molar-refractivity contribution in [2.24, 2.45) is 11.3 Å².